The summed E-state index contributed by atoms with van der Waals surface area (Å²) in [7, 11) is 0. The molecule has 28 heavy (non-hydrogen) atoms. The highest BCUT2D eigenvalue weighted by molar-refractivity contribution is 5.77. The van der Waals surface area contributed by atoms with Crippen molar-refractivity contribution in [1.82, 2.24) is 14.5 Å². The number of aromatic nitrogens is 2. The highest BCUT2D eigenvalue weighted by atomic mass is 16.5. The van der Waals surface area contributed by atoms with E-state index >= 15 is 0 Å². The minimum atomic E-state index is 0.0464. The topological polar surface area (TPSA) is 47.4 Å². The van der Waals surface area contributed by atoms with Crippen LogP contribution in [0.2, 0.25) is 0 Å². The lowest BCUT2D eigenvalue weighted by Crippen LogP contribution is -2.30. The Bertz CT molecular complexity index is 988. The summed E-state index contributed by atoms with van der Waals surface area (Å²) >= 11 is 0. The lowest BCUT2D eigenvalue weighted by Gasteiger charge is -2.24. The number of rotatable bonds is 5. The molecule has 0 radical (unpaired) electrons. The van der Waals surface area contributed by atoms with E-state index in [1.165, 1.54) is 0 Å². The van der Waals surface area contributed by atoms with Crippen LogP contribution in [0, 0.1) is 13.8 Å². The molecule has 0 aliphatic carbocycles. The largest absolute Gasteiger partial charge is 0.491 e. The number of aryl methyl sites for hydroxylation is 2. The van der Waals surface area contributed by atoms with Crippen molar-refractivity contribution in [3.8, 4) is 5.75 Å². The van der Waals surface area contributed by atoms with Gasteiger partial charge in [0.15, 0.2) is 0 Å². The Labute approximate surface area is 165 Å². The van der Waals surface area contributed by atoms with Gasteiger partial charge in [-0.15, -0.1) is 0 Å². The summed E-state index contributed by atoms with van der Waals surface area (Å²) < 4.78 is 8.38. The fourth-order valence-electron chi connectivity index (χ4n) is 4.26. The number of carbonyl (C=O) groups excluding carboxylic acids is 1. The van der Waals surface area contributed by atoms with Gasteiger partial charge in [-0.05, 0) is 49.9 Å². The van der Waals surface area contributed by atoms with Crippen molar-refractivity contribution >= 4 is 16.9 Å². The molecule has 146 valence electrons. The molecule has 2 heterocycles. The fourth-order valence-corrected chi connectivity index (χ4v) is 4.26. The minimum Gasteiger partial charge on any atom is -0.491 e. The Morgan fingerprint density at radius 1 is 1.14 bits per heavy atom. The number of carbonyl (C=O) groups is 1. The van der Waals surface area contributed by atoms with Crippen molar-refractivity contribution in [3.05, 3.63) is 59.4 Å². The molecule has 0 spiro atoms. The predicted molar refractivity (Wildman–Crippen MR) is 111 cm³/mol. The Hall–Kier alpha value is -2.82. The lowest BCUT2D eigenvalue weighted by atomic mass is 10.1. The smallest absolute Gasteiger partial charge is 0.220 e. The first-order valence-corrected chi connectivity index (χ1v) is 9.97. The summed E-state index contributed by atoms with van der Waals surface area (Å²) in [5.41, 5.74) is 4.36. The zero-order valence-corrected chi connectivity index (χ0v) is 16.8. The van der Waals surface area contributed by atoms with Crippen LogP contribution in [0.5, 0.6) is 5.75 Å². The Kier molecular flexibility index (Phi) is 5.07. The van der Waals surface area contributed by atoms with Gasteiger partial charge in [0, 0.05) is 13.5 Å². The Balaban J connectivity index is 1.63. The van der Waals surface area contributed by atoms with Crippen LogP contribution in [-0.2, 0) is 11.3 Å². The molecule has 4 rings (SSSR count). The van der Waals surface area contributed by atoms with Crippen molar-refractivity contribution in [2.24, 2.45) is 0 Å². The number of hydrogen-bond acceptors (Lipinski definition) is 3. The molecule has 3 aromatic rings. The van der Waals surface area contributed by atoms with E-state index in [4.69, 9.17) is 9.72 Å². The number of nitrogens with zero attached hydrogens (tertiary/aromatic N) is 3. The second-order valence-electron chi connectivity index (χ2n) is 7.55. The maximum atomic E-state index is 12.1. The molecule has 1 aliphatic rings. The number of likely N-dealkylation sites (tertiary alicyclic amines) is 1. The first-order valence-electron chi connectivity index (χ1n) is 9.97. The van der Waals surface area contributed by atoms with Crippen molar-refractivity contribution in [2.45, 2.75) is 46.2 Å². The number of para-hydroxylation sites is 3. The van der Waals surface area contributed by atoms with E-state index in [1.54, 1.807) is 6.92 Å². The molecular weight excluding hydrogens is 350 g/mol. The molecule has 1 aliphatic heterocycles. The average molecular weight is 377 g/mol. The molecule has 1 unspecified atom stereocenters. The van der Waals surface area contributed by atoms with Crippen LogP contribution in [0.25, 0.3) is 11.0 Å². The molecule has 0 bridgehead atoms. The number of benzene rings is 2. The van der Waals surface area contributed by atoms with E-state index in [-0.39, 0.29) is 11.9 Å². The Morgan fingerprint density at radius 3 is 2.64 bits per heavy atom. The summed E-state index contributed by atoms with van der Waals surface area (Å²) in [5, 5.41) is 0. The molecule has 0 N–H and O–H groups in total. The summed E-state index contributed by atoms with van der Waals surface area (Å²) in [5.74, 6) is 2.05. The molecule has 5 nitrogen and oxygen atoms in total. The van der Waals surface area contributed by atoms with Gasteiger partial charge in [-0.25, -0.2) is 4.98 Å². The number of ether oxygens (including phenoxy) is 1. The van der Waals surface area contributed by atoms with Crippen molar-refractivity contribution in [2.75, 3.05) is 13.2 Å². The number of hydrogen-bond donors (Lipinski definition) is 0. The van der Waals surface area contributed by atoms with Crippen molar-refractivity contribution < 1.29 is 9.53 Å². The van der Waals surface area contributed by atoms with Gasteiger partial charge in [-0.3, -0.25) is 4.79 Å². The maximum absolute atomic E-state index is 12.1. The van der Waals surface area contributed by atoms with Crippen LogP contribution in [0.1, 0.15) is 42.8 Å². The zero-order valence-electron chi connectivity index (χ0n) is 16.8. The first-order chi connectivity index (χ1) is 13.6. The van der Waals surface area contributed by atoms with Crippen LogP contribution in [0.3, 0.4) is 0 Å². The van der Waals surface area contributed by atoms with Crippen LogP contribution >= 0.6 is 0 Å². The lowest BCUT2D eigenvalue weighted by molar-refractivity contribution is -0.129. The molecule has 1 atom stereocenters. The highest BCUT2D eigenvalue weighted by Gasteiger charge is 2.32. The monoisotopic (exact) mass is 377 g/mol. The predicted octanol–water partition coefficient (Wildman–Crippen LogP) is 4.42. The van der Waals surface area contributed by atoms with Gasteiger partial charge in [-0.1, -0.05) is 30.3 Å². The quantitative estimate of drug-likeness (QED) is 0.661. The van der Waals surface area contributed by atoms with Gasteiger partial charge in [0.1, 0.15) is 18.2 Å². The molecule has 2 aromatic carbocycles. The van der Waals surface area contributed by atoms with E-state index in [0.717, 1.165) is 53.1 Å². The van der Waals surface area contributed by atoms with Crippen LogP contribution < -0.4 is 4.74 Å². The number of fused-ring (bicyclic) bond motifs is 1. The van der Waals surface area contributed by atoms with Crippen LogP contribution in [0.4, 0.5) is 0 Å². The highest BCUT2D eigenvalue weighted by Crippen LogP contribution is 2.33. The molecule has 1 amide bonds. The Morgan fingerprint density at radius 2 is 1.89 bits per heavy atom. The third-order valence-electron chi connectivity index (χ3n) is 5.61. The maximum Gasteiger partial charge on any atom is 0.220 e. The molecule has 1 fully saturated rings. The summed E-state index contributed by atoms with van der Waals surface area (Å²) in [6.45, 7) is 7.86. The summed E-state index contributed by atoms with van der Waals surface area (Å²) in [6, 6.07) is 14.4. The summed E-state index contributed by atoms with van der Waals surface area (Å²) in [4.78, 5) is 18.9. The molecule has 5 heteroatoms. The first kappa shape index (κ1) is 18.5. The molecule has 1 aromatic heterocycles. The minimum absolute atomic E-state index is 0.0464. The molecule has 1 saturated heterocycles. The van der Waals surface area contributed by atoms with Crippen molar-refractivity contribution in [1.29, 1.82) is 0 Å². The standard InChI is InChI=1S/C23H27N3O2/c1-16-8-6-9-17(2)22(16)28-15-14-26-20-11-5-4-10-19(20)24-23(26)21-12-7-13-25(21)18(3)27/h4-6,8-11,21H,7,12-15H2,1-3H3. The number of amides is 1. The van der Waals surface area contributed by atoms with E-state index in [2.05, 4.69) is 42.7 Å². The average Bonchev–Trinajstić information content (AvgIpc) is 3.29. The van der Waals surface area contributed by atoms with Gasteiger partial charge in [0.25, 0.3) is 0 Å². The van der Waals surface area contributed by atoms with Gasteiger partial charge < -0.3 is 14.2 Å². The van der Waals surface area contributed by atoms with Crippen molar-refractivity contribution in [3.63, 3.8) is 0 Å². The van der Waals surface area contributed by atoms with E-state index < -0.39 is 0 Å². The van der Waals surface area contributed by atoms with Gasteiger partial charge in [0.2, 0.25) is 5.91 Å². The van der Waals surface area contributed by atoms with E-state index in [1.807, 2.05) is 23.1 Å². The number of imidazole rings is 1. The SMILES string of the molecule is CC(=O)N1CCCC1c1nc2ccccc2n1CCOc1c(C)cccc1C. The van der Waals surface area contributed by atoms with E-state index in [0.29, 0.717) is 13.2 Å². The normalized spacial score (nSPS) is 16.7. The third kappa shape index (κ3) is 3.37. The summed E-state index contributed by atoms with van der Waals surface area (Å²) in [6.07, 6.45) is 1.98. The zero-order chi connectivity index (χ0) is 19.7. The van der Waals surface area contributed by atoms with Crippen LogP contribution in [-0.4, -0.2) is 33.5 Å². The van der Waals surface area contributed by atoms with Gasteiger partial charge in [-0.2, -0.15) is 0 Å². The van der Waals surface area contributed by atoms with Gasteiger partial charge in [0.05, 0.1) is 23.6 Å². The second kappa shape index (κ2) is 7.66. The second-order valence-corrected chi connectivity index (χ2v) is 7.55. The third-order valence-corrected chi connectivity index (χ3v) is 5.61. The fraction of sp³-hybridized carbons (Fsp3) is 0.391. The molecular formula is C23H27N3O2. The van der Waals surface area contributed by atoms with Crippen LogP contribution in [0.15, 0.2) is 42.5 Å². The molecule has 0 saturated carbocycles. The van der Waals surface area contributed by atoms with Gasteiger partial charge >= 0.3 is 0 Å². The van der Waals surface area contributed by atoms with E-state index in [9.17, 15) is 4.79 Å².